The highest BCUT2D eigenvalue weighted by atomic mass is 32.1. The van der Waals surface area contributed by atoms with E-state index in [0.717, 1.165) is 52.0 Å². The number of aromatic nitrogens is 1. The highest BCUT2D eigenvalue weighted by molar-refractivity contribution is 7.21. The Morgan fingerprint density at radius 3 is 3.00 bits per heavy atom. The summed E-state index contributed by atoms with van der Waals surface area (Å²) in [7, 11) is 0. The molecule has 0 radical (unpaired) electrons. The largest absolute Gasteiger partial charge is 0.490 e. The maximum Gasteiger partial charge on any atom is 0.129 e. The van der Waals surface area contributed by atoms with Crippen molar-refractivity contribution in [2.75, 3.05) is 6.61 Å². The summed E-state index contributed by atoms with van der Waals surface area (Å²) >= 11 is 3.40. The SMILES string of the molecule is Cc1nc2c(cc(OCC3(O)CCCC3)c3ccsc32)s1. The molecule has 21 heavy (non-hydrogen) atoms. The third-order valence-corrected chi connectivity index (χ3v) is 6.04. The molecule has 1 aliphatic rings. The van der Waals surface area contributed by atoms with E-state index in [4.69, 9.17) is 4.74 Å². The molecule has 4 rings (SSSR count). The van der Waals surface area contributed by atoms with Gasteiger partial charge in [0.2, 0.25) is 0 Å². The molecular formula is C16H17NO2S2. The molecule has 0 spiro atoms. The van der Waals surface area contributed by atoms with E-state index in [1.54, 1.807) is 22.7 Å². The minimum absolute atomic E-state index is 0.390. The minimum atomic E-state index is -0.638. The van der Waals surface area contributed by atoms with E-state index >= 15 is 0 Å². The predicted octanol–water partition coefficient (Wildman–Crippen LogP) is 4.50. The van der Waals surface area contributed by atoms with E-state index in [1.807, 2.05) is 6.92 Å². The molecule has 1 saturated carbocycles. The van der Waals surface area contributed by atoms with Crippen LogP contribution in [0, 0.1) is 6.92 Å². The van der Waals surface area contributed by atoms with Crippen LogP contribution in [-0.4, -0.2) is 22.3 Å². The fourth-order valence-corrected chi connectivity index (χ4v) is 4.93. The summed E-state index contributed by atoms with van der Waals surface area (Å²) in [5, 5.41) is 14.7. The minimum Gasteiger partial charge on any atom is -0.490 e. The summed E-state index contributed by atoms with van der Waals surface area (Å²) in [5.41, 5.74) is 0.440. The second-order valence-electron chi connectivity index (χ2n) is 5.84. The zero-order valence-electron chi connectivity index (χ0n) is 11.9. The van der Waals surface area contributed by atoms with Gasteiger partial charge in [-0.2, -0.15) is 0 Å². The maximum absolute atomic E-state index is 10.5. The first-order chi connectivity index (χ1) is 10.1. The lowest BCUT2D eigenvalue weighted by atomic mass is 10.0. The van der Waals surface area contributed by atoms with Crippen molar-refractivity contribution in [3.05, 3.63) is 22.5 Å². The first-order valence-electron chi connectivity index (χ1n) is 7.27. The molecule has 1 N–H and O–H groups in total. The number of rotatable bonds is 3. The molecule has 3 aromatic rings. The lowest BCUT2D eigenvalue weighted by Gasteiger charge is -2.22. The molecular weight excluding hydrogens is 302 g/mol. The Hall–Kier alpha value is -1.17. The summed E-state index contributed by atoms with van der Waals surface area (Å²) in [6.07, 6.45) is 3.89. The monoisotopic (exact) mass is 319 g/mol. The van der Waals surface area contributed by atoms with Crippen LogP contribution in [0.15, 0.2) is 17.5 Å². The molecule has 2 aromatic heterocycles. The van der Waals surface area contributed by atoms with E-state index in [-0.39, 0.29) is 0 Å². The average molecular weight is 319 g/mol. The van der Waals surface area contributed by atoms with Gasteiger partial charge in [0.15, 0.2) is 0 Å². The topological polar surface area (TPSA) is 42.4 Å². The number of hydrogen-bond donors (Lipinski definition) is 1. The molecule has 0 atom stereocenters. The van der Waals surface area contributed by atoms with Gasteiger partial charge >= 0.3 is 0 Å². The molecule has 1 aromatic carbocycles. The Balaban J connectivity index is 1.74. The molecule has 0 unspecified atom stereocenters. The van der Waals surface area contributed by atoms with Gasteiger partial charge in [0.25, 0.3) is 0 Å². The van der Waals surface area contributed by atoms with Crippen molar-refractivity contribution in [3.8, 4) is 5.75 Å². The zero-order chi connectivity index (χ0) is 14.4. The quantitative estimate of drug-likeness (QED) is 0.772. The number of benzene rings is 1. The Morgan fingerprint density at radius 1 is 1.38 bits per heavy atom. The number of thiazole rings is 1. The van der Waals surface area contributed by atoms with Crippen molar-refractivity contribution in [1.29, 1.82) is 0 Å². The molecule has 5 heteroatoms. The lowest BCUT2D eigenvalue weighted by molar-refractivity contribution is 0.00193. The van der Waals surface area contributed by atoms with Crippen molar-refractivity contribution in [1.82, 2.24) is 4.98 Å². The van der Waals surface area contributed by atoms with Gasteiger partial charge in [-0.3, -0.25) is 0 Å². The van der Waals surface area contributed by atoms with Gasteiger partial charge in [0.1, 0.15) is 12.4 Å². The summed E-state index contributed by atoms with van der Waals surface area (Å²) in [6, 6.07) is 4.16. The van der Waals surface area contributed by atoms with Gasteiger partial charge in [0.05, 0.1) is 25.5 Å². The van der Waals surface area contributed by atoms with E-state index in [2.05, 4.69) is 22.5 Å². The highest BCUT2D eigenvalue weighted by Crippen LogP contribution is 2.39. The summed E-state index contributed by atoms with van der Waals surface area (Å²) in [5.74, 6) is 0.878. The fraction of sp³-hybridized carbons (Fsp3) is 0.438. The molecule has 0 saturated heterocycles. The van der Waals surface area contributed by atoms with Gasteiger partial charge in [-0.25, -0.2) is 4.98 Å². The van der Waals surface area contributed by atoms with Gasteiger partial charge in [-0.15, -0.1) is 22.7 Å². The average Bonchev–Trinajstić information content (AvgIpc) is 3.14. The maximum atomic E-state index is 10.5. The van der Waals surface area contributed by atoms with Crippen LogP contribution in [0.25, 0.3) is 20.3 Å². The Morgan fingerprint density at radius 2 is 2.19 bits per heavy atom. The Labute approximate surface area is 131 Å². The van der Waals surface area contributed by atoms with E-state index in [9.17, 15) is 5.11 Å². The first-order valence-corrected chi connectivity index (χ1v) is 8.97. The van der Waals surface area contributed by atoms with Crippen LogP contribution in [0.5, 0.6) is 5.75 Å². The Kier molecular flexibility index (Phi) is 3.17. The highest BCUT2D eigenvalue weighted by Gasteiger charge is 2.32. The van der Waals surface area contributed by atoms with E-state index in [1.165, 1.54) is 4.70 Å². The molecule has 110 valence electrons. The number of nitrogens with zero attached hydrogens (tertiary/aromatic N) is 1. The second-order valence-corrected chi connectivity index (χ2v) is 7.99. The van der Waals surface area contributed by atoms with Crippen LogP contribution in [0.3, 0.4) is 0 Å². The number of thiophene rings is 1. The van der Waals surface area contributed by atoms with Gasteiger partial charge in [-0.1, -0.05) is 12.8 Å². The van der Waals surface area contributed by atoms with E-state index < -0.39 is 5.60 Å². The summed E-state index contributed by atoms with van der Waals surface area (Å²) < 4.78 is 8.37. The normalized spacial score (nSPS) is 17.8. The lowest BCUT2D eigenvalue weighted by Crippen LogP contribution is -2.32. The van der Waals surface area contributed by atoms with Crippen molar-refractivity contribution in [2.24, 2.45) is 0 Å². The smallest absolute Gasteiger partial charge is 0.129 e. The predicted molar refractivity (Wildman–Crippen MR) is 88.7 cm³/mol. The number of ether oxygens (including phenoxy) is 1. The van der Waals surface area contributed by atoms with Crippen LogP contribution in [-0.2, 0) is 0 Å². The molecule has 0 bridgehead atoms. The van der Waals surface area contributed by atoms with Gasteiger partial charge in [-0.05, 0) is 31.2 Å². The van der Waals surface area contributed by atoms with Crippen LogP contribution >= 0.6 is 22.7 Å². The molecule has 1 fully saturated rings. The number of fused-ring (bicyclic) bond motifs is 3. The first kappa shape index (κ1) is 13.5. The number of aliphatic hydroxyl groups is 1. The Bertz CT molecular complexity index is 799. The van der Waals surface area contributed by atoms with Crippen LogP contribution in [0.2, 0.25) is 0 Å². The molecule has 2 heterocycles. The van der Waals surface area contributed by atoms with Crippen molar-refractivity contribution in [2.45, 2.75) is 38.2 Å². The second kappa shape index (κ2) is 4.93. The molecule has 1 aliphatic carbocycles. The van der Waals surface area contributed by atoms with Crippen LogP contribution < -0.4 is 4.74 Å². The molecule has 0 amide bonds. The molecule has 3 nitrogen and oxygen atoms in total. The third-order valence-electron chi connectivity index (χ3n) is 4.20. The number of aryl methyl sites for hydroxylation is 1. The van der Waals surface area contributed by atoms with Crippen molar-refractivity contribution >= 4 is 43.0 Å². The van der Waals surface area contributed by atoms with Crippen LogP contribution in [0.4, 0.5) is 0 Å². The molecule has 0 aliphatic heterocycles. The van der Waals surface area contributed by atoms with Crippen molar-refractivity contribution in [3.63, 3.8) is 0 Å². The summed E-state index contributed by atoms with van der Waals surface area (Å²) in [6.45, 7) is 2.42. The third kappa shape index (κ3) is 2.33. The van der Waals surface area contributed by atoms with Crippen molar-refractivity contribution < 1.29 is 9.84 Å². The fourth-order valence-electron chi connectivity index (χ4n) is 3.10. The van der Waals surface area contributed by atoms with Gasteiger partial charge < -0.3 is 9.84 Å². The standard InChI is InChI=1S/C16H17NO2S2/c1-10-17-14-13(21-10)8-12(11-4-7-20-15(11)14)19-9-16(18)5-2-3-6-16/h4,7-8,18H,2-3,5-6,9H2,1H3. The van der Waals surface area contributed by atoms with E-state index in [0.29, 0.717) is 6.61 Å². The zero-order valence-corrected chi connectivity index (χ0v) is 13.5. The summed E-state index contributed by atoms with van der Waals surface area (Å²) in [4.78, 5) is 4.63. The number of hydrogen-bond acceptors (Lipinski definition) is 5. The van der Waals surface area contributed by atoms with Gasteiger partial charge in [0, 0.05) is 11.5 Å². The van der Waals surface area contributed by atoms with Crippen LogP contribution in [0.1, 0.15) is 30.7 Å².